The Morgan fingerprint density at radius 2 is 2.00 bits per heavy atom. The van der Waals surface area contributed by atoms with Gasteiger partial charge in [0.05, 0.1) is 0 Å². The van der Waals surface area contributed by atoms with E-state index < -0.39 is 18.1 Å². The van der Waals surface area contributed by atoms with E-state index in [-0.39, 0.29) is 6.61 Å². The maximum Gasteiger partial charge on any atom is 0.410 e. The van der Waals surface area contributed by atoms with E-state index in [4.69, 9.17) is 4.74 Å². The van der Waals surface area contributed by atoms with Crippen molar-refractivity contribution in [1.82, 2.24) is 4.90 Å². The molecule has 0 bridgehead atoms. The van der Waals surface area contributed by atoms with Gasteiger partial charge in [0.15, 0.2) is 0 Å². The summed E-state index contributed by atoms with van der Waals surface area (Å²) in [7, 11) is 0. The summed E-state index contributed by atoms with van der Waals surface area (Å²) in [4.78, 5) is 24.5. The molecule has 2 atom stereocenters. The maximum atomic E-state index is 11.9. The van der Waals surface area contributed by atoms with Crippen LogP contribution in [-0.4, -0.2) is 41.3 Å². The van der Waals surface area contributed by atoms with Crippen molar-refractivity contribution in [2.45, 2.75) is 38.1 Å². The minimum atomic E-state index is -0.934. The van der Waals surface area contributed by atoms with Crippen LogP contribution in [0.5, 0.6) is 0 Å². The number of aliphatic carboxylic acids is 1. The molecule has 0 spiro atoms. The summed E-state index contributed by atoms with van der Waals surface area (Å²) >= 11 is 0. The third-order valence-electron chi connectivity index (χ3n) is 4.24. The highest BCUT2D eigenvalue weighted by atomic mass is 16.6. The standard InChI is InChI=1S/C14H21NO4/c1-2-7-19-14(18)15-9-11(8-12(15)13(16)17)10-5-3-4-6-10/h2,10-12H,1,3-9H2,(H,16,17). The van der Waals surface area contributed by atoms with Gasteiger partial charge in [0, 0.05) is 6.54 Å². The molecule has 1 aliphatic heterocycles. The fourth-order valence-electron chi connectivity index (χ4n) is 3.29. The van der Waals surface area contributed by atoms with E-state index in [9.17, 15) is 14.7 Å². The number of amides is 1. The molecule has 5 heteroatoms. The number of carboxylic acid groups (broad SMARTS) is 1. The Labute approximate surface area is 113 Å². The Bertz CT molecular complexity index is 362. The molecule has 1 N–H and O–H groups in total. The molecule has 19 heavy (non-hydrogen) atoms. The van der Waals surface area contributed by atoms with E-state index >= 15 is 0 Å². The van der Waals surface area contributed by atoms with Crippen LogP contribution in [0.1, 0.15) is 32.1 Å². The van der Waals surface area contributed by atoms with Gasteiger partial charge < -0.3 is 9.84 Å². The van der Waals surface area contributed by atoms with Crippen molar-refractivity contribution in [3.8, 4) is 0 Å². The molecule has 0 aromatic heterocycles. The molecule has 0 aromatic carbocycles. The van der Waals surface area contributed by atoms with Crippen molar-refractivity contribution in [1.29, 1.82) is 0 Å². The summed E-state index contributed by atoms with van der Waals surface area (Å²) in [6.45, 7) is 4.11. The quantitative estimate of drug-likeness (QED) is 0.793. The van der Waals surface area contributed by atoms with Crippen LogP contribution in [0.3, 0.4) is 0 Å². The molecule has 2 rings (SSSR count). The SMILES string of the molecule is C=CCOC(=O)N1CC(C2CCCC2)CC1C(=O)O. The van der Waals surface area contributed by atoms with E-state index in [0.717, 1.165) is 12.8 Å². The number of likely N-dealkylation sites (tertiary alicyclic amines) is 1. The Morgan fingerprint density at radius 1 is 1.32 bits per heavy atom. The lowest BCUT2D eigenvalue weighted by atomic mass is 9.89. The highest BCUT2D eigenvalue weighted by Crippen LogP contribution is 2.38. The minimum Gasteiger partial charge on any atom is -0.480 e. The van der Waals surface area contributed by atoms with E-state index in [1.54, 1.807) is 0 Å². The average Bonchev–Trinajstić information content (AvgIpc) is 3.03. The predicted octanol–water partition coefficient (Wildman–Crippen LogP) is 2.27. The van der Waals surface area contributed by atoms with Crippen LogP contribution in [0.15, 0.2) is 12.7 Å². The number of hydrogen-bond donors (Lipinski definition) is 1. The summed E-state index contributed by atoms with van der Waals surface area (Å²) in [6, 6.07) is -0.733. The molecule has 2 unspecified atom stereocenters. The summed E-state index contributed by atoms with van der Waals surface area (Å²) in [5, 5.41) is 9.25. The molecular formula is C14H21NO4. The van der Waals surface area contributed by atoms with Crippen molar-refractivity contribution in [3.63, 3.8) is 0 Å². The molecule has 1 saturated heterocycles. The van der Waals surface area contributed by atoms with Gasteiger partial charge in [0.2, 0.25) is 0 Å². The normalized spacial score (nSPS) is 27.5. The molecular weight excluding hydrogens is 246 g/mol. The topological polar surface area (TPSA) is 66.8 Å². The van der Waals surface area contributed by atoms with Gasteiger partial charge in [0.1, 0.15) is 12.6 Å². The van der Waals surface area contributed by atoms with Crippen molar-refractivity contribution in [2.75, 3.05) is 13.2 Å². The van der Waals surface area contributed by atoms with Crippen molar-refractivity contribution in [3.05, 3.63) is 12.7 Å². The first-order valence-electron chi connectivity index (χ1n) is 6.90. The largest absolute Gasteiger partial charge is 0.480 e. The first-order chi connectivity index (χ1) is 9.13. The van der Waals surface area contributed by atoms with Crippen LogP contribution in [-0.2, 0) is 9.53 Å². The zero-order valence-electron chi connectivity index (χ0n) is 11.1. The van der Waals surface area contributed by atoms with E-state index in [1.165, 1.54) is 23.8 Å². The fourth-order valence-corrected chi connectivity index (χ4v) is 3.29. The Balaban J connectivity index is 2.01. The third-order valence-corrected chi connectivity index (χ3v) is 4.24. The monoisotopic (exact) mass is 267 g/mol. The van der Waals surface area contributed by atoms with E-state index in [2.05, 4.69) is 6.58 Å². The third kappa shape index (κ3) is 3.08. The average molecular weight is 267 g/mol. The smallest absolute Gasteiger partial charge is 0.410 e. The Morgan fingerprint density at radius 3 is 2.58 bits per heavy atom. The molecule has 1 saturated carbocycles. The lowest BCUT2D eigenvalue weighted by Gasteiger charge is -2.21. The summed E-state index contributed by atoms with van der Waals surface area (Å²) < 4.78 is 4.97. The van der Waals surface area contributed by atoms with Gasteiger partial charge in [-0.1, -0.05) is 38.3 Å². The molecule has 1 aliphatic carbocycles. The predicted molar refractivity (Wildman–Crippen MR) is 69.7 cm³/mol. The second kappa shape index (κ2) is 6.08. The molecule has 106 valence electrons. The van der Waals surface area contributed by atoms with Crippen molar-refractivity contribution >= 4 is 12.1 Å². The van der Waals surface area contributed by atoms with Crippen molar-refractivity contribution in [2.24, 2.45) is 11.8 Å². The molecule has 0 radical (unpaired) electrons. The molecule has 2 fully saturated rings. The van der Waals surface area contributed by atoms with Gasteiger partial charge in [-0.2, -0.15) is 0 Å². The van der Waals surface area contributed by atoms with Gasteiger partial charge in [-0.3, -0.25) is 4.90 Å². The summed E-state index contributed by atoms with van der Waals surface area (Å²) in [5.74, 6) is -0.0602. The number of carbonyl (C=O) groups is 2. The highest BCUT2D eigenvalue weighted by molar-refractivity contribution is 5.80. The fraction of sp³-hybridized carbons (Fsp3) is 0.714. The molecule has 1 amide bonds. The zero-order valence-corrected chi connectivity index (χ0v) is 11.1. The van der Waals surface area contributed by atoms with Crippen LogP contribution in [0.4, 0.5) is 4.79 Å². The Hall–Kier alpha value is -1.52. The van der Waals surface area contributed by atoms with Crippen LogP contribution >= 0.6 is 0 Å². The summed E-state index contributed by atoms with van der Waals surface area (Å²) in [6.07, 6.45) is 6.27. The molecule has 5 nitrogen and oxygen atoms in total. The van der Waals surface area contributed by atoms with E-state index in [0.29, 0.717) is 24.8 Å². The molecule has 0 aromatic rings. The van der Waals surface area contributed by atoms with Gasteiger partial charge in [0.25, 0.3) is 0 Å². The van der Waals surface area contributed by atoms with Gasteiger partial charge in [-0.25, -0.2) is 9.59 Å². The number of carboxylic acids is 1. The maximum absolute atomic E-state index is 11.9. The van der Waals surface area contributed by atoms with Crippen LogP contribution < -0.4 is 0 Å². The van der Waals surface area contributed by atoms with Gasteiger partial charge in [-0.05, 0) is 18.3 Å². The second-order valence-corrected chi connectivity index (χ2v) is 5.41. The number of rotatable bonds is 4. The highest BCUT2D eigenvalue weighted by Gasteiger charge is 2.43. The number of nitrogens with zero attached hydrogens (tertiary/aromatic N) is 1. The second-order valence-electron chi connectivity index (χ2n) is 5.41. The number of ether oxygens (including phenoxy) is 1. The van der Waals surface area contributed by atoms with E-state index in [1.807, 2.05) is 0 Å². The van der Waals surface area contributed by atoms with Crippen molar-refractivity contribution < 1.29 is 19.4 Å². The van der Waals surface area contributed by atoms with Gasteiger partial charge >= 0.3 is 12.1 Å². The first kappa shape index (κ1) is 13.9. The van der Waals surface area contributed by atoms with Gasteiger partial charge in [-0.15, -0.1) is 0 Å². The molecule has 1 heterocycles. The van der Waals surface area contributed by atoms with Crippen LogP contribution in [0.2, 0.25) is 0 Å². The number of carbonyl (C=O) groups excluding carboxylic acids is 1. The first-order valence-corrected chi connectivity index (χ1v) is 6.90. The Kier molecular flexibility index (Phi) is 4.45. The van der Waals surface area contributed by atoms with Crippen LogP contribution in [0.25, 0.3) is 0 Å². The minimum absolute atomic E-state index is 0.121. The summed E-state index contributed by atoms with van der Waals surface area (Å²) in [5.41, 5.74) is 0. The zero-order chi connectivity index (χ0) is 13.8. The number of hydrogen-bond acceptors (Lipinski definition) is 3. The lowest BCUT2D eigenvalue weighted by Crippen LogP contribution is -2.40. The van der Waals surface area contributed by atoms with Crippen LogP contribution in [0, 0.1) is 11.8 Å². The lowest BCUT2D eigenvalue weighted by molar-refractivity contribution is -0.141. The molecule has 2 aliphatic rings.